The Morgan fingerprint density at radius 2 is 2.04 bits per heavy atom. The van der Waals surface area contributed by atoms with E-state index in [2.05, 4.69) is 6.07 Å². The number of carboxylic acids is 1. The molecule has 1 aliphatic carbocycles. The number of ether oxygens (including phenoxy) is 2. The highest BCUT2D eigenvalue weighted by Crippen LogP contribution is 2.35. The summed E-state index contributed by atoms with van der Waals surface area (Å²) in [6.45, 7) is 0.545. The smallest absolute Gasteiger partial charge is 0.328 e. The van der Waals surface area contributed by atoms with Crippen molar-refractivity contribution >= 4 is 12.0 Å². The molecule has 0 spiro atoms. The lowest BCUT2D eigenvalue weighted by atomic mass is 10.0. The van der Waals surface area contributed by atoms with E-state index in [4.69, 9.17) is 14.6 Å². The van der Waals surface area contributed by atoms with E-state index < -0.39 is 5.97 Å². The maximum Gasteiger partial charge on any atom is 0.328 e. The Hall–Kier alpha value is -2.59. The Morgan fingerprint density at radius 1 is 1.25 bits per heavy atom. The highest BCUT2D eigenvalue weighted by molar-refractivity contribution is 5.85. The van der Waals surface area contributed by atoms with Gasteiger partial charge < -0.3 is 14.6 Å². The summed E-state index contributed by atoms with van der Waals surface area (Å²) in [7, 11) is 1.65. The SMILES string of the molecule is COc1ccc(COC2CCc3ccc(C=CC(=O)O)cc32)cc1. The molecule has 0 heterocycles. The Labute approximate surface area is 141 Å². The number of aliphatic carboxylic acids is 1. The van der Waals surface area contributed by atoms with Gasteiger partial charge in [-0.15, -0.1) is 0 Å². The van der Waals surface area contributed by atoms with Gasteiger partial charge in [0.05, 0.1) is 19.8 Å². The molecular formula is C20H20O4. The maximum absolute atomic E-state index is 10.7. The number of fused-ring (bicyclic) bond motifs is 1. The van der Waals surface area contributed by atoms with Crippen LogP contribution >= 0.6 is 0 Å². The van der Waals surface area contributed by atoms with Gasteiger partial charge in [-0.25, -0.2) is 4.79 Å². The van der Waals surface area contributed by atoms with Crippen LogP contribution in [-0.4, -0.2) is 18.2 Å². The summed E-state index contributed by atoms with van der Waals surface area (Å²) in [6.07, 6.45) is 4.77. The van der Waals surface area contributed by atoms with Crippen molar-refractivity contribution < 1.29 is 19.4 Å². The van der Waals surface area contributed by atoms with Crippen LogP contribution in [0.25, 0.3) is 6.08 Å². The molecule has 0 bridgehead atoms. The van der Waals surface area contributed by atoms with Gasteiger partial charge in [-0.3, -0.25) is 0 Å². The summed E-state index contributed by atoms with van der Waals surface area (Å²) in [5.74, 6) is -0.109. The molecule has 0 fully saturated rings. The molecule has 24 heavy (non-hydrogen) atoms. The third-order valence-corrected chi connectivity index (χ3v) is 4.22. The number of carbonyl (C=O) groups is 1. The predicted octanol–water partition coefficient (Wildman–Crippen LogP) is 4.00. The highest BCUT2D eigenvalue weighted by Gasteiger charge is 2.23. The van der Waals surface area contributed by atoms with Crippen LogP contribution in [0, 0.1) is 0 Å². The van der Waals surface area contributed by atoms with E-state index in [9.17, 15) is 4.79 Å². The average Bonchev–Trinajstić information content (AvgIpc) is 3.01. The van der Waals surface area contributed by atoms with E-state index in [0.717, 1.165) is 41.4 Å². The minimum atomic E-state index is -0.942. The lowest BCUT2D eigenvalue weighted by Gasteiger charge is -2.14. The first-order chi connectivity index (χ1) is 11.7. The van der Waals surface area contributed by atoms with Crippen molar-refractivity contribution in [3.63, 3.8) is 0 Å². The van der Waals surface area contributed by atoms with Gasteiger partial charge in [-0.05, 0) is 59.4 Å². The lowest BCUT2D eigenvalue weighted by Crippen LogP contribution is -2.01. The first-order valence-corrected chi connectivity index (χ1v) is 7.94. The van der Waals surface area contributed by atoms with Gasteiger partial charge in [0.25, 0.3) is 0 Å². The molecule has 1 atom stereocenters. The van der Waals surface area contributed by atoms with Crippen molar-refractivity contribution in [2.24, 2.45) is 0 Å². The summed E-state index contributed by atoms with van der Waals surface area (Å²) in [5, 5.41) is 8.75. The molecule has 1 aliphatic rings. The predicted molar refractivity (Wildman–Crippen MR) is 92.0 cm³/mol. The summed E-state index contributed by atoms with van der Waals surface area (Å²) in [6, 6.07) is 13.9. The van der Waals surface area contributed by atoms with Gasteiger partial charge in [0.2, 0.25) is 0 Å². The summed E-state index contributed by atoms with van der Waals surface area (Å²) < 4.78 is 11.2. The number of aryl methyl sites for hydroxylation is 1. The Kier molecular flexibility index (Phi) is 4.96. The van der Waals surface area contributed by atoms with Crippen molar-refractivity contribution in [2.45, 2.75) is 25.6 Å². The maximum atomic E-state index is 10.7. The fourth-order valence-electron chi connectivity index (χ4n) is 2.95. The molecule has 1 unspecified atom stereocenters. The van der Waals surface area contributed by atoms with Gasteiger partial charge in [0, 0.05) is 6.08 Å². The van der Waals surface area contributed by atoms with Crippen molar-refractivity contribution in [1.29, 1.82) is 0 Å². The van der Waals surface area contributed by atoms with Gasteiger partial charge in [0.1, 0.15) is 5.75 Å². The van der Waals surface area contributed by atoms with Crippen LogP contribution in [0.15, 0.2) is 48.5 Å². The molecular weight excluding hydrogens is 304 g/mol. The second kappa shape index (κ2) is 7.32. The van der Waals surface area contributed by atoms with E-state index >= 15 is 0 Å². The summed E-state index contributed by atoms with van der Waals surface area (Å²) >= 11 is 0. The quantitative estimate of drug-likeness (QED) is 0.816. The second-order valence-electron chi connectivity index (χ2n) is 5.82. The molecule has 4 nitrogen and oxygen atoms in total. The topological polar surface area (TPSA) is 55.8 Å². The van der Waals surface area contributed by atoms with Gasteiger partial charge in [0.15, 0.2) is 0 Å². The molecule has 2 aromatic carbocycles. The second-order valence-corrected chi connectivity index (χ2v) is 5.82. The Bertz CT molecular complexity index is 747. The van der Waals surface area contributed by atoms with Crippen molar-refractivity contribution in [3.8, 4) is 5.75 Å². The molecule has 124 valence electrons. The van der Waals surface area contributed by atoms with E-state index in [1.807, 2.05) is 36.4 Å². The molecule has 0 saturated heterocycles. The number of rotatable bonds is 6. The molecule has 0 radical (unpaired) electrons. The summed E-state index contributed by atoms with van der Waals surface area (Å²) in [4.78, 5) is 10.7. The molecule has 3 rings (SSSR count). The molecule has 0 amide bonds. The first-order valence-electron chi connectivity index (χ1n) is 7.94. The first kappa shape index (κ1) is 16.3. The van der Waals surface area contributed by atoms with E-state index in [0.29, 0.717) is 6.61 Å². The van der Waals surface area contributed by atoms with Crippen LogP contribution in [0.1, 0.15) is 34.8 Å². The van der Waals surface area contributed by atoms with Crippen LogP contribution in [0.2, 0.25) is 0 Å². The number of hydrogen-bond donors (Lipinski definition) is 1. The van der Waals surface area contributed by atoms with Crippen molar-refractivity contribution in [2.75, 3.05) is 7.11 Å². The van der Waals surface area contributed by atoms with Crippen LogP contribution in [-0.2, 0) is 22.6 Å². The van der Waals surface area contributed by atoms with Crippen molar-refractivity contribution in [1.82, 2.24) is 0 Å². The van der Waals surface area contributed by atoms with Crippen LogP contribution in [0.5, 0.6) is 5.75 Å². The molecule has 0 aromatic heterocycles. The van der Waals surface area contributed by atoms with Crippen molar-refractivity contribution in [3.05, 3.63) is 70.8 Å². The number of hydrogen-bond acceptors (Lipinski definition) is 3. The van der Waals surface area contributed by atoms with E-state index in [-0.39, 0.29) is 6.10 Å². The average molecular weight is 324 g/mol. The molecule has 0 aliphatic heterocycles. The Morgan fingerprint density at radius 3 is 2.75 bits per heavy atom. The van der Waals surface area contributed by atoms with E-state index in [1.54, 1.807) is 13.2 Å². The normalized spacial score (nSPS) is 16.3. The van der Waals surface area contributed by atoms with Crippen LogP contribution in [0.3, 0.4) is 0 Å². The van der Waals surface area contributed by atoms with Gasteiger partial charge in [-0.2, -0.15) is 0 Å². The molecule has 1 N–H and O–H groups in total. The monoisotopic (exact) mass is 324 g/mol. The zero-order valence-electron chi connectivity index (χ0n) is 13.6. The van der Waals surface area contributed by atoms with Gasteiger partial charge >= 0.3 is 5.97 Å². The standard InChI is InChI=1S/C20H20O4/c1-23-17-8-3-15(4-9-17)13-24-19-10-7-16-6-2-14(12-18(16)19)5-11-20(21)22/h2-6,8-9,11-12,19H,7,10,13H2,1H3,(H,21,22). The van der Waals surface area contributed by atoms with E-state index in [1.165, 1.54) is 5.56 Å². The minimum absolute atomic E-state index is 0.0558. The zero-order valence-corrected chi connectivity index (χ0v) is 13.6. The number of carboxylic acid groups (broad SMARTS) is 1. The lowest BCUT2D eigenvalue weighted by molar-refractivity contribution is -0.131. The van der Waals surface area contributed by atoms with Crippen LogP contribution in [0.4, 0.5) is 0 Å². The van der Waals surface area contributed by atoms with Gasteiger partial charge in [-0.1, -0.05) is 24.3 Å². The van der Waals surface area contributed by atoms with Crippen LogP contribution < -0.4 is 4.74 Å². The third-order valence-electron chi connectivity index (χ3n) is 4.22. The molecule has 0 saturated carbocycles. The number of benzene rings is 2. The third kappa shape index (κ3) is 3.84. The zero-order chi connectivity index (χ0) is 16.9. The fourth-order valence-corrected chi connectivity index (χ4v) is 2.95. The number of methoxy groups -OCH3 is 1. The Balaban J connectivity index is 1.68. The minimum Gasteiger partial charge on any atom is -0.497 e. The molecule has 4 heteroatoms. The highest BCUT2D eigenvalue weighted by atomic mass is 16.5. The fraction of sp³-hybridized carbons (Fsp3) is 0.250. The summed E-state index contributed by atoms with van der Waals surface area (Å²) in [5.41, 5.74) is 4.43. The molecule has 2 aromatic rings. The largest absolute Gasteiger partial charge is 0.497 e.